The number of anilines is 1. The number of hydrogen-bond donors (Lipinski definition) is 2. The zero-order valence-corrected chi connectivity index (χ0v) is 22.9. The summed E-state index contributed by atoms with van der Waals surface area (Å²) in [6.07, 6.45) is -0.914. The lowest BCUT2D eigenvalue weighted by molar-refractivity contribution is -0.127. The number of amides is 1. The van der Waals surface area contributed by atoms with E-state index in [9.17, 15) is 22.4 Å². The molecule has 0 aromatic carbocycles. The van der Waals surface area contributed by atoms with Gasteiger partial charge in [-0.15, -0.1) is 0 Å². The standard InChI is InChI=1S/C25H30F4N10O2/c1-24(2,3)39-12-14(10-32-39)23(40)31-11-18-34-20(36-41-18)19-17(9-25(27,28)29)38-8-6-30-21(22(38)35-19)33-16-5-7-37(4)13-15(16)26/h6,8,10,12,15-16H,5,7,9,11,13H2,1-4H3,(H,30,33)(H,31,40)/t15-,16+/m0/s1. The third-order valence-corrected chi connectivity index (χ3v) is 6.69. The van der Waals surface area contributed by atoms with Crippen molar-refractivity contribution in [1.29, 1.82) is 0 Å². The first-order valence-electron chi connectivity index (χ1n) is 13.0. The molecule has 0 bridgehead atoms. The maximum absolute atomic E-state index is 14.7. The number of nitrogens with zero attached hydrogens (tertiary/aromatic N) is 8. The van der Waals surface area contributed by atoms with Crippen LogP contribution in [0.3, 0.4) is 0 Å². The number of alkyl halides is 4. The van der Waals surface area contributed by atoms with Gasteiger partial charge < -0.3 is 20.1 Å². The van der Waals surface area contributed by atoms with E-state index in [0.29, 0.717) is 18.5 Å². The lowest BCUT2D eigenvalue weighted by Gasteiger charge is -2.32. The minimum Gasteiger partial charge on any atom is -0.361 e. The van der Waals surface area contributed by atoms with E-state index in [1.807, 2.05) is 32.7 Å². The number of aromatic nitrogens is 7. The fraction of sp³-hybridized carbons (Fsp3) is 0.520. The average molecular weight is 579 g/mol. The molecule has 0 unspecified atom stereocenters. The lowest BCUT2D eigenvalue weighted by Crippen LogP contribution is -2.46. The first-order valence-corrected chi connectivity index (χ1v) is 13.0. The topological polar surface area (TPSA) is 131 Å². The highest BCUT2D eigenvalue weighted by molar-refractivity contribution is 5.93. The predicted molar refractivity (Wildman–Crippen MR) is 139 cm³/mol. The van der Waals surface area contributed by atoms with Gasteiger partial charge in [-0.25, -0.2) is 14.4 Å². The van der Waals surface area contributed by atoms with E-state index < -0.39 is 30.7 Å². The number of rotatable bonds is 7. The fourth-order valence-corrected chi connectivity index (χ4v) is 4.55. The number of carbonyl (C=O) groups excluding carboxylic acids is 1. The number of imidazole rings is 1. The van der Waals surface area contributed by atoms with Crippen molar-refractivity contribution in [1.82, 2.24) is 44.5 Å². The van der Waals surface area contributed by atoms with Crippen LogP contribution in [-0.4, -0.2) is 83.6 Å². The van der Waals surface area contributed by atoms with E-state index in [1.54, 1.807) is 10.9 Å². The van der Waals surface area contributed by atoms with Crippen molar-refractivity contribution in [2.75, 3.05) is 25.5 Å². The van der Waals surface area contributed by atoms with Gasteiger partial charge in [-0.3, -0.25) is 13.9 Å². The Balaban J connectivity index is 1.40. The zero-order chi connectivity index (χ0) is 29.5. The summed E-state index contributed by atoms with van der Waals surface area (Å²) in [6, 6.07) is -0.577. The van der Waals surface area contributed by atoms with Crippen LogP contribution in [0, 0.1) is 0 Å². The summed E-state index contributed by atoms with van der Waals surface area (Å²) in [5, 5.41) is 13.7. The van der Waals surface area contributed by atoms with Crippen LogP contribution in [0.5, 0.6) is 0 Å². The summed E-state index contributed by atoms with van der Waals surface area (Å²) < 4.78 is 63.6. The molecule has 1 fully saturated rings. The van der Waals surface area contributed by atoms with Crippen LogP contribution in [0.1, 0.15) is 49.1 Å². The van der Waals surface area contributed by atoms with Crippen LogP contribution < -0.4 is 10.6 Å². The maximum Gasteiger partial charge on any atom is 0.394 e. The van der Waals surface area contributed by atoms with Gasteiger partial charge in [0.15, 0.2) is 11.5 Å². The summed E-state index contributed by atoms with van der Waals surface area (Å²) in [6.45, 7) is 6.53. The van der Waals surface area contributed by atoms with Gasteiger partial charge in [-0.2, -0.15) is 23.3 Å². The second-order valence-corrected chi connectivity index (χ2v) is 11.0. The number of hydrogen-bond acceptors (Lipinski definition) is 9. The first kappa shape index (κ1) is 28.4. The van der Waals surface area contributed by atoms with Crippen LogP contribution in [0.25, 0.3) is 17.2 Å². The molecule has 1 amide bonds. The molecular formula is C25H30F4N10O2. The first-order chi connectivity index (χ1) is 19.3. The van der Waals surface area contributed by atoms with Crippen molar-refractivity contribution in [3.05, 3.63) is 41.9 Å². The summed E-state index contributed by atoms with van der Waals surface area (Å²) in [4.78, 5) is 27.2. The van der Waals surface area contributed by atoms with E-state index in [0.717, 1.165) is 0 Å². The highest BCUT2D eigenvalue weighted by atomic mass is 19.4. The van der Waals surface area contributed by atoms with Crippen LogP contribution in [0.2, 0.25) is 0 Å². The maximum atomic E-state index is 14.7. The molecule has 4 aromatic rings. The summed E-state index contributed by atoms with van der Waals surface area (Å²) in [7, 11) is 1.82. The van der Waals surface area contributed by atoms with E-state index >= 15 is 0 Å². The molecule has 0 saturated carbocycles. The quantitative estimate of drug-likeness (QED) is 0.318. The van der Waals surface area contributed by atoms with Crippen molar-refractivity contribution >= 4 is 17.4 Å². The fourth-order valence-electron chi connectivity index (χ4n) is 4.55. The van der Waals surface area contributed by atoms with E-state index in [-0.39, 0.29) is 53.2 Å². The number of likely N-dealkylation sites (tertiary alicyclic amines) is 1. The number of fused-ring (bicyclic) bond motifs is 1. The normalized spacial score (nSPS) is 18.6. The minimum absolute atomic E-state index is 0.0327. The van der Waals surface area contributed by atoms with Crippen molar-refractivity contribution in [3.63, 3.8) is 0 Å². The molecular weight excluding hydrogens is 548 g/mol. The minimum atomic E-state index is -4.57. The monoisotopic (exact) mass is 578 g/mol. The predicted octanol–water partition coefficient (Wildman–Crippen LogP) is 3.22. The molecule has 1 saturated heterocycles. The Labute approximate surface area is 232 Å². The molecule has 0 aliphatic carbocycles. The Hall–Kier alpha value is -4.08. The second-order valence-electron chi connectivity index (χ2n) is 11.0. The van der Waals surface area contributed by atoms with Crippen LogP contribution in [0.4, 0.5) is 23.4 Å². The molecule has 5 rings (SSSR count). The number of nitrogens with one attached hydrogen (secondary N) is 2. The van der Waals surface area contributed by atoms with Crippen molar-refractivity contribution < 1.29 is 26.9 Å². The summed E-state index contributed by atoms with van der Waals surface area (Å²) >= 11 is 0. The zero-order valence-electron chi connectivity index (χ0n) is 22.9. The van der Waals surface area contributed by atoms with Crippen LogP contribution in [0.15, 0.2) is 29.3 Å². The third-order valence-electron chi connectivity index (χ3n) is 6.69. The number of carbonyl (C=O) groups is 1. The van der Waals surface area contributed by atoms with Gasteiger partial charge in [0.25, 0.3) is 5.91 Å². The van der Waals surface area contributed by atoms with Crippen molar-refractivity contribution in [2.45, 2.75) is 64.1 Å². The van der Waals surface area contributed by atoms with Gasteiger partial charge >= 0.3 is 6.18 Å². The van der Waals surface area contributed by atoms with Gasteiger partial charge in [0.2, 0.25) is 11.7 Å². The van der Waals surface area contributed by atoms with E-state index in [1.165, 1.54) is 23.0 Å². The number of piperidine rings is 1. The highest BCUT2D eigenvalue weighted by Crippen LogP contribution is 2.31. The Kier molecular flexibility index (Phi) is 7.44. The number of halogens is 4. The second kappa shape index (κ2) is 10.7. The van der Waals surface area contributed by atoms with Crippen molar-refractivity contribution in [2.24, 2.45) is 0 Å². The largest absolute Gasteiger partial charge is 0.394 e. The Morgan fingerprint density at radius 1 is 1.22 bits per heavy atom. The third kappa shape index (κ3) is 6.31. The lowest BCUT2D eigenvalue weighted by atomic mass is 10.0. The average Bonchev–Trinajstić information content (AvgIpc) is 3.63. The molecule has 1 aliphatic heterocycles. The van der Waals surface area contributed by atoms with Gasteiger partial charge in [0.05, 0.1) is 42.0 Å². The van der Waals surface area contributed by atoms with Crippen molar-refractivity contribution in [3.8, 4) is 11.5 Å². The summed E-state index contributed by atoms with van der Waals surface area (Å²) in [5.74, 6) is -0.514. The van der Waals surface area contributed by atoms with E-state index in [2.05, 4.69) is 35.8 Å². The molecule has 41 heavy (non-hydrogen) atoms. The molecule has 0 spiro atoms. The molecule has 0 radical (unpaired) electrons. The Morgan fingerprint density at radius 2 is 2.00 bits per heavy atom. The Morgan fingerprint density at radius 3 is 2.68 bits per heavy atom. The van der Waals surface area contributed by atoms with Crippen LogP contribution >= 0.6 is 0 Å². The molecule has 4 aromatic heterocycles. The van der Waals surface area contributed by atoms with Gasteiger partial charge in [-0.05, 0) is 34.2 Å². The molecule has 5 heterocycles. The van der Waals surface area contributed by atoms with E-state index in [4.69, 9.17) is 4.52 Å². The molecule has 1 aliphatic rings. The summed E-state index contributed by atoms with van der Waals surface area (Å²) in [5.41, 5.74) is -0.313. The van der Waals surface area contributed by atoms with Gasteiger partial charge in [0.1, 0.15) is 11.9 Å². The molecule has 12 nitrogen and oxygen atoms in total. The van der Waals surface area contributed by atoms with Crippen LogP contribution in [-0.2, 0) is 18.5 Å². The van der Waals surface area contributed by atoms with Gasteiger partial charge in [0, 0.05) is 31.7 Å². The Bertz CT molecular complexity index is 1540. The molecule has 2 atom stereocenters. The molecule has 16 heteroatoms. The molecule has 2 N–H and O–H groups in total. The van der Waals surface area contributed by atoms with Gasteiger partial charge in [-0.1, -0.05) is 5.16 Å². The highest BCUT2D eigenvalue weighted by Gasteiger charge is 2.34. The molecule has 220 valence electrons. The smallest absolute Gasteiger partial charge is 0.361 e. The SMILES string of the molecule is CN1CC[C@@H](Nc2nccn3c(CC(F)(F)F)c(-c4noc(CNC(=O)c5cnn(C(C)(C)C)c5)n4)nc23)[C@@H](F)C1.